The van der Waals surface area contributed by atoms with Crippen molar-refractivity contribution in [1.82, 2.24) is 9.13 Å². The third-order valence-electron chi connectivity index (χ3n) is 24.8. The van der Waals surface area contributed by atoms with Crippen molar-refractivity contribution < 1.29 is 39.5 Å². The quantitative estimate of drug-likeness (QED) is 0.0626. The Hall–Kier alpha value is -5.90. The van der Waals surface area contributed by atoms with Crippen LogP contribution in [0.15, 0.2) is 233 Å². The highest BCUT2D eigenvalue weighted by Gasteiger charge is 2.41. The van der Waals surface area contributed by atoms with E-state index in [4.69, 9.17) is 54.3 Å². The first kappa shape index (κ1) is 123. The van der Waals surface area contributed by atoms with Crippen LogP contribution >= 0.6 is 145 Å². The van der Waals surface area contributed by atoms with Crippen LogP contribution in [0.3, 0.4) is 0 Å². The molecule has 3 N–H and O–H groups in total. The number of rotatable bonds is 5. The number of nitro groups is 2. The van der Waals surface area contributed by atoms with Gasteiger partial charge in [-0.1, -0.05) is 269 Å². The summed E-state index contributed by atoms with van der Waals surface area (Å²) in [5, 5.41) is 92.6. The van der Waals surface area contributed by atoms with Crippen LogP contribution in [0.5, 0.6) is 0 Å². The number of carbonyl (C=O) groups is 3. The van der Waals surface area contributed by atoms with Gasteiger partial charge in [-0.15, -0.1) is 37.7 Å². The summed E-state index contributed by atoms with van der Waals surface area (Å²) in [7, 11) is -5.99. The molecule has 8 aromatic rings. The highest BCUT2D eigenvalue weighted by molar-refractivity contribution is 14.1. The lowest BCUT2D eigenvalue weighted by Gasteiger charge is -2.19. The van der Waals surface area contributed by atoms with Crippen LogP contribution in [0.4, 0.5) is 5.42 Å². The molecule has 6 aliphatic rings. The number of aliphatic carboxylic acids is 1. The summed E-state index contributed by atoms with van der Waals surface area (Å²) in [6.07, 6.45) is 24.3. The molecule has 0 bridgehead atoms. The second-order valence-corrected chi connectivity index (χ2v) is 84.9. The standard InChI is InChI=1S/C8H11NSi.C8H12O2Si.C7H11BrSi.C7H11ClSi.C7H11ISi.C7H8N2.C7H11NO2Si.C7H9NO2.C7H8NP.C7H9O2P.C6H8BrP.C6H8ClP.C6H8IP.C6H8NO2P/c1-7-4-5-8(6-9)10(7,2)3;1-6-4-5-7(8(9)10)11(6,2)3;3*1-6-4-5-7(8)9(6,2)3;1-6-3-4-7(5-8)9(6)2;1-6-4-5-7(8(9)10)11(6,2)3;1-5-3-4-6(7(9)10)8(5)2;1-6-3-4-7(5-8)9(6)2;1-5-3-4-6(7(8)9)10(5)2;3*1-5-3-4-6(7)8(5)2;1-5-3-4-6(7(8)9)10(5)2/h4-5H,1-3H3;4-5H,1-3H3,(H,9,10);3*4-5H,1-3H3;3-4H,1-2H3;4-5H,1-3H3;3-4H,1-2H3,(H,9,10);3-4H,1-2H3;3-4H,1-2H3,(H,8,9);3*3-4H,1-2H3;3-4H,1-2H3. The Morgan fingerprint density at radius 1 is 0.405 bits per heavy atom. The molecule has 0 aromatic carbocycles. The van der Waals surface area contributed by atoms with Crippen LogP contribution < -0.4 is 0 Å². The van der Waals surface area contributed by atoms with Crippen molar-refractivity contribution >= 4 is 217 Å². The molecule has 14 heterocycles. The van der Waals surface area contributed by atoms with E-state index in [0.29, 0.717) is 32.6 Å². The monoisotopic (exact) mass is 2380 g/mol. The molecule has 6 unspecified atom stereocenters. The normalized spacial score (nSPS) is 16.1. The first-order chi connectivity index (χ1) is 60.2. The number of allylic oxidation sites excluding steroid dienone is 19. The van der Waals surface area contributed by atoms with E-state index in [1.54, 1.807) is 66.9 Å². The van der Waals surface area contributed by atoms with Gasteiger partial charge in [-0.05, 0) is 283 Å². The summed E-state index contributed by atoms with van der Waals surface area (Å²) >= 11 is 23.7. The van der Waals surface area contributed by atoms with Crippen LogP contribution in [0.2, 0.25) is 83.3 Å². The zero-order chi connectivity index (χ0) is 102. The highest BCUT2D eigenvalue weighted by Crippen LogP contribution is 2.44. The molecule has 708 valence electrons. The maximum atomic E-state index is 10.7. The van der Waals surface area contributed by atoms with E-state index in [1.165, 1.54) is 53.6 Å². The van der Waals surface area contributed by atoms with Crippen LogP contribution in [0, 0.1) is 113 Å². The summed E-state index contributed by atoms with van der Waals surface area (Å²) in [4.78, 5) is 51.8. The van der Waals surface area contributed by atoms with Gasteiger partial charge in [-0.2, -0.15) is 15.8 Å². The fourth-order valence-corrected chi connectivity index (χ4v) is 33.2. The molecule has 131 heavy (non-hydrogen) atoms. The average molecular weight is 2380 g/mol. The van der Waals surface area contributed by atoms with Gasteiger partial charge >= 0.3 is 17.9 Å². The molecule has 0 aliphatic carbocycles. The number of carboxylic acids is 3. The van der Waals surface area contributed by atoms with Crippen molar-refractivity contribution in [2.75, 3.05) is 0 Å². The number of hydrogen-bond donors (Lipinski definition) is 3. The van der Waals surface area contributed by atoms with Crippen molar-refractivity contribution in [3.63, 3.8) is 0 Å². The number of carboxylic acid groups (broad SMARTS) is 3. The molecular weight excluding hydrogens is 2250 g/mol. The molecule has 0 spiro atoms. The van der Waals surface area contributed by atoms with E-state index in [0.717, 1.165) is 36.6 Å². The average Bonchev–Trinajstić information content (AvgIpc) is 1.64. The fraction of sp³-hybridized carbons (Fsp3) is 0.354. The van der Waals surface area contributed by atoms with Gasteiger partial charge in [-0.25, -0.2) is 14.4 Å². The zero-order valence-electron chi connectivity index (χ0n) is 82.4. The molecule has 0 saturated heterocycles. The van der Waals surface area contributed by atoms with E-state index >= 15 is 0 Å². The Morgan fingerprint density at radius 3 is 1.00 bits per heavy atom. The first-order valence-electron chi connectivity index (χ1n) is 41.7. The molecule has 35 heteroatoms. The maximum absolute atomic E-state index is 10.7. The minimum Gasteiger partial charge on any atom is -0.478 e. The van der Waals surface area contributed by atoms with Crippen molar-refractivity contribution in [1.29, 1.82) is 15.8 Å². The Kier molecular flexibility index (Phi) is 52.1. The third-order valence-corrected chi connectivity index (χ3v) is 73.8. The minimum absolute atomic E-state index is 0.0514. The predicted molar refractivity (Wildman–Crippen MR) is 610 cm³/mol. The summed E-state index contributed by atoms with van der Waals surface area (Å²) in [5.74, 6) is -2.41. The molecular formula is C96H133Br2Cl2I2N7O10P6Si6. The predicted octanol–water partition coefficient (Wildman–Crippen LogP) is 33.6. The Bertz CT molecular complexity index is 5410. The summed E-state index contributed by atoms with van der Waals surface area (Å²) in [5.41, 5.74) is 3.49. The van der Waals surface area contributed by atoms with Crippen LogP contribution in [0.1, 0.15) is 116 Å². The van der Waals surface area contributed by atoms with Gasteiger partial charge in [-0.3, -0.25) is 20.2 Å². The van der Waals surface area contributed by atoms with Gasteiger partial charge in [0, 0.05) is 60.2 Å². The van der Waals surface area contributed by atoms with Crippen molar-refractivity contribution in [2.45, 2.75) is 175 Å². The second-order valence-electron chi connectivity index (χ2n) is 35.0. The largest absolute Gasteiger partial charge is 0.478 e. The topological polar surface area (TPSA) is 279 Å². The number of halogens is 6. The number of nitriles is 3. The number of aryl methyl sites for hydroxylation is 8. The summed E-state index contributed by atoms with van der Waals surface area (Å²) in [6.45, 7) is 68.3. The second kappa shape index (κ2) is 55.5. The number of nitrogens with zero attached hydrogens (tertiary/aromatic N) is 7. The van der Waals surface area contributed by atoms with Gasteiger partial charge in [0.25, 0.3) is 5.42 Å². The number of aromatic carboxylic acids is 2. The van der Waals surface area contributed by atoms with Crippen molar-refractivity contribution in [2.24, 2.45) is 54.1 Å². The molecule has 0 radical (unpaired) electrons. The number of aromatic nitrogens is 2. The van der Waals surface area contributed by atoms with Gasteiger partial charge in [0.1, 0.15) is 63.9 Å². The first-order valence-corrected chi connectivity index (χ1v) is 74.9. The van der Waals surface area contributed by atoms with E-state index in [9.17, 15) is 34.6 Å². The molecule has 8 aromatic heterocycles. The Balaban J connectivity index is 0.000000706. The molecule has 6 aliphatic heterocycles. The SMILES string of the molecule is CC1=CC=C(Br)[Si]1(C)C.CC1=CC=C(C#N)[Si]1(C)C.CC1=CC=C(C(=O)O)[Si]1(C)C.CC1=CC=C(Cl)[Si]1(C)C.CC1=CC=C(I)[Si]1(C)C.CC1=CC=C([N+](=O)[O-])[Si]1(C)C.Cc1ccc(Br)p1C.Cc1ccc(C#N)n1C.Cc1ccc(C#N)p1C.Cc1ccc(C(=O)O)n1C.Cc1ccc(C(=O)O)p1C.Cc1ccc(Cl)p1C.Cc1ccc(I)p1C.Cc1ccc([N+](=O)[O-])p1C. The third kappa shape index (κ3) is 36.2. The van der Waals surface area contributed by atoms with Gasteiger partial charge in [0.2, 0.25) is 5.32 Å². The lowest BCUT2D eigenvalue weighted by Crippen LogP contribution is -2.32. The molecule has 0 fully saturated rings. The molecule has 14 rings (SSSR count). The Morgan fingerprint density at radius 2 is 0.832 bits per heavy atom. The molecule has 0 saturated carbocycles. The number of hydrogen-bond acceptors (Lipinski definition) is 10. The van der Waals surface area contributed by atoms with Crippen molar-refractivity contribution in [3.05, 3.63) is 326 Å². The van der Waals surface area contributed by atoms with E-state index in [2.05, 4.69) is 310 Å². The van der Waals surface area contributed by atoms with Crippen molar-refractivity contribution in [3.8, 4) is 18.2 Å². The van der Waals surface area contributed by atoms with E-state index < -0.39 is 81.4 Å². The molecule has 17 nitrogen and oxygen atoms in total. The van der Waals surface area contributed by atoms with E-state index in [1.807, 2.05) is 146 Å². The molecule has 6 atom stereocenters. The fourth-order valence-electron chi connectivity index (χ4n) is 11.3. The van der Waals surface area contributed by atoms with E-state index in [-0.39, 0.29) is 40.0 Å². The van der Waals surface area contributed by atoms with Gasteiger partial charge in [0.15, 0.2) is 8.07 Å². The summed E-state index contributed by atoms with van der Waals surface area (Å²) in [6, 6.07) is 37.4. The lowest BCUT2D eigenvalue weighted by atomic mass is 10.4. The minimum atomic E-state index is -1.81. The van der Waals surface area contributed by atoms with Crippen LogP contribution in [0.25, 0.3) is 0 Å². The maximum Gasteiger partial charge on any atom is 0.352 e. The Labute approximate surface area is 847 Å². The van der Waals surface area contributed by atoms with Gasteiger partial charge in [0.05, 0.1) is 31.3 Å². The molecule has 0 amide bonds. The van der Waals surface area contributed by atoms with Crippen LogP contribution in [-0.4, -0.2) is 101 Å². The summed E-state index contributed by atoms with van der Waals surface area (Å²) < 4.78 is 11.5. The van der Waals surface area contributed by atoms with Gasteiger partial charge < -0.3 is 24.5 Å². The smallest absolute Gasteiger partial charge is 0.352 e. The van der Waals surface area contributed by atoms with Crippen LogP contribution in [-0.2, 0) is 58.9 Å². The highest BCUT2D eigenvalue weighted by atomic mass is 127. The zero-order valence-corrected chi connectivity index (χ0v) is 103. The lowest BCUT2D eigenvalue weighted by molar-refractivity contribution is -0.414.